The van der Waals surface area contributed by atoms with Crippen LogP contribution in [0.15, 0.2) is 24.3 Å². The third kappa shape index (κ3) is 3.49. The number of aromatic amines is 1. The zero-order valence-electron chi connectivity index (χ0n) is 12.9. The Hall–Kier alpha value is -2.14. The van der Waals surface area contributed by atoms with E-state index in [4.69, 9.17) is 0 Å². The van der Waals surface area contributed by atoms with Crippen LogP contribution >= 0.6 is 0 Å². The number of amides is 1. The van der Waals surface area contributed by atoms with Gasteiger partial charge in [0, 0.05) is 36.6 Å². The molecule has 0 aliphatic rings. The minimum atomic E-state index is -0.0441. The lowest BCUT2D eigenvalue weighted by molar-refractivity contribution is 0.0781. The van der Waals surface area contributed by atoms with E-state index in [0.29, 0.717) is 17.8 Å². The van der Waals surface area contributed by atoms with E-state index in [2.05, 4.69) is 4.98 Å². The number of aromatic nitrogens is 1. The molecule has 5 nitrogen and oxygen atoms in total. The molecule has 5 heteroatoms. The van der Waals surface area contributed by atoms with Crippen molar-refractivity contribution < 1.29 is 9.59 Å². The van der Waals surface area contributed by atoms with E-state index in [0.717, 1.165) is 17.4 Å². The first-order valence-electron chi connectivity index (χ1n) is 6.92. The van der Waals surface area contributed by atoms with Gasteiger partial charge in [-0.25, -0.2) is 0 Å². The number of fused-ring (bicyclic) bond motifs is 1. The van der Waals surface area contributed by atoms with Crippen LogP contribution in [0.2, 0.25) is 0 Å². The first-order valence-corrected chi connectivity index (χ1v) is 6.92. The van der Waals surface area contributed by atoms with E-state index in [1.807, 2.05) is 31.1 Å². The number of nitrogens with zero attached hydrogens (tertiary/aromatic N) is 2. The van der Waals surface area contributed by atoms with Crippen molar-refractivity contribution in [3.05, 3.63) is 35.5 Å². The number of Topliss-reactive ketones (excluding diaryl/α,β-unsaturated/α-hetero) is 1. The lowest BCUT2D eigenvalue weighted by atomic mass is 10.1. The summed E-state index contributed by atoms with van der Waals surface area (Å²) in [6.07, 6.45) is 0. The normalized spacial score (nSPS) is 11.1. The molecule has 112 valence electrons. The van der Waals surface area contributed by atoms with Gasteiger partial charge in [0.25, 0.3) is 5.91 Å². The van der Waals surface area contributed by atoms with Crippen LogP contribution in [0.1, 0.15) is 27.8 Å². The fourth-order valence-corrected chi connectivity index (χ4v) is 2.12. The molecular formula is C16H21N3O2. The predicted molar refractivity (Wildman–Crippen MR) is 83.8 cm³/mol. The number of nitrogens with one attached hydrogen (secondary N) is 1. The molecule has 21 heavy (non-hydrogen) atoms. The highest BCUT2D eigenvalue weighted by atomic mass is 16.2. The van der Waals surface area contributed by atoms with Crippen LogP contribution in [-0.2, 0) is 0 Å². The Labute approximate surface area is 124 Å². The van der Waals surface area contributed by atoms with Gasteiger partial charge in [-0.2, -0.15) is 0 Å². The van der Waals surface area contributed by atoms with Gasteiger partial charge < -0.3 is 14.8 Å². The van der Waals surface area contributed by atoms with Crippen molar-refractivity contribution in [3.8, 4) is 0 Å². The molecule has 0 spiro atoms. The van der Waals surface area contributed by atoms with Crippen LogP contribution in [-0.4, -0.2) is 60.7 Å². The van der Waals surface area contributed by atoms with Crippen molar-refractivity contribution in [2.75, 3.05) is 34.2 Å². The number of likely N-dealkylation sites (N-methyl/N-ethyl adjacent to an activating group) is 2. The summed E-state index contributed by atoms with van der Waals surface area (Å²) < 4.78 is 0. The number of hydrogen-bond donors (Lipinski definition) is 1. The van der Waals surface area contributed by atoms with Crippen LogP contribution in [0.25, 0.3) is 10.9 Å². The van der Waals surface area contributed by atoms with Crippen molar-refractivity contribution in [2.45, 2.75) is 6.92 Å². The molecule has 1 amide bonds. The lowest BCUT2D eigenvalue weighted by Crippen LogP contribution is -2.33. The number of benzene rings is 1. The van der Waals surface area contributed by atoms with Gasteiger partial charge in [-0.3, -0.25) is 9.59 Å². The van der Waals surface area contributed by atoms with Crippen molar-refractivity contribution in [2.24, 2.45) is 0 Å². The topological polar surface area (TPSA) is 56.4 Å². The van der Waals surface area contributed by atoms with Gasteiger partial charge in [-0.05, 0) is 45.3 Å². The summed E-state index contributed by atoms with van der Waals surface area (Å²) in [6.45, 7) is 3.02. The highest BCUT2D eigenvalue weighted by Crippen LogP contribution is 2.18. The summed E-state index contributed by atoms with van der Waals surface area (Å²) in [5.74, 6) is -0.0218. The van der Waals surface area contributed by atoms with E-state index in [-0.39, 0.29) is 11.7 Å². The maximum atomic E-state index is 12.4. The summed E-state index contributed by atoms with van der Waals surface area (Å²) in [7, 11) is 5.74. The first kappa shape index (κ1) is 15.3. The van der Waals surface area contributed by atoms with Gasteiger partial charge in [0.1, 0.15) is 5.69 Å². The Balaban J connectivity index is 2.22. The molecule has 1 aromatic heterocycles. The zero-order valence-corrected chi connectivity index (χ0v) is 12.9. The maximum Gasteiger partial charge on any atom is 0.270 e. The highest BCUT2D eigenvalue weighted by molar-refractivity contribution is 6.01. The molecule has 0 atom stereocenters. The van der Waals surface area contributed by atoms with Gasteiger partial charge >= 0.3 is 0 Å². The van der Waals surface area contributed by atoms with Crippen LogP contribution in [0.3, 0.4) is 0 Å². The quantitative estimate of drug-likeness (QED) is 0.856. The molecule has 1 heterocycles. The summed E-state index contributed by atoms with van der Waals surface area (Å²) in [5.41, 5.74) is 2.07. The Bertz CT molecular complexity index is 673. The maximum absolute atomic E-state index is 12.4. The summed E-state index contributed by atoms with van der Waals surface area (Å²) in [6, 6.07) is 7.22. The second-order valence-corrected chi connectivity index (χ2v) is 5.57. The molecule has 0 saturated heterocycles. The molecular weight excluding hydrogens is 266 g/mol. The Morgan fingerprint density at radius 2 is 1.81 bits per heavy atom. The van der Waals surface area contributed by atoms with Crippen molar-refractivity contribution in [1.29, 1.82) is 0 Å². The first-order chi connectivity index (χ1) is 9.88. The molecule has 0 unspecified atom stereocenters. The number of carbonyl (C=O) groups excluding carboxylic acids is 2. The molecule has 2 aromatic rings. The highest BCUT2D eigenvalue weighted by Gasteiger charge is 2.14. The molecule has 0 aliphatic carbocycles. The van der Waals surface area contributed by atoms with Crippen molar-refractivity contribution in [1.82, 2.24) is 14.8 Å². The molecule has 0 fully saturated rings. The number of rotatable bonds is 5. The smallest absolute Gasteiger partial charge is 0.270 e. The third-order valence-electron chi connectivity index (χ3n) is 3.49. The van der Waals surface area contributed by atoms with Gasteiger partial charge in [0.05, 0.1) is 0 Å². The molecule has 1 N–H and O–H groups in total. The van der Waals surface area contributed by atoms with Crippen LogP contribution in [0.5, 0.6) is 0 Å². The minimum absolute atomic E-state index is 0.0223. The van der Waals surface area contributed by atoms with Gasteiger partial charge in [-0.15, -0.1) is 0 Å². The summed E-state index contributed by atoms with van der Waals surface area (Å²) >= 11 is 0. The SMILES string of the molecule is CC(=O)c1ccc2[nH]c(C(=O)N(C)CCN(C)C)cc2c1. The van der Waals surface area contributed by atoms with Gasteiger partial charge in [0.15, 0.2) is 5.78 Å². The van der Waals surface area contributed by atoms with Crippen molar-refractivity contribution in [3.63, 3.8) is 0 Å². The molecule has 0 radical (unpaired) electrons. The summed E-state index contributed by atoms with van der Waals surface area (Å²) in [5, 5.41) is 0.882. The van der Waals surface area contributed by atoms with Crippen molar-refractivity contribution >= 4 is 22.6 Å². The average Bonchev–Trinajstić information content (AvgIpc) is 2.86. The molecule has 0 saturated carbocycles. The Morgan fingerprint density at radius 3 is 2.43 bits per heavy atom. The van der Waals surface area contributed by atoms with E-state index < -0.39 is 0 Å². The standard InChI is InChI=1S/C16H21N3O2/c1-11(20)12-5-6-14-13(9-12)10-15(17-14)16(21)19(4)8-7-18(2)3/h5-6,9-10,17H,7-8H2,1-4H3. The largest absolute Gasteiger partial charge is 0.351 e. The van der Waals surface area contributed by atoms with E-state index in [9.17, 15) is 9.59 Å². The second-order valence-electron chi connectivity index (χ2n) is 5.57. The van der Waals surface area contributed by atoms with Gasteiger partial charge in [-0.1, -0.05) is 0 Å². The van der Waals surface area contributed by atoms with Crippen LogP contribution in [0, 0.1) is 0 Å². The average molecular weight is 287 g/mol. The zero-order chi connectivity index (χ0) is 15.6. The number of H-pyrrole nitrogens is 1. The van der Waals surface area contributed by atoms with E-state index >= 15 is 0 Å². The molecule has 0 bridgehead atoms. The lowest BCUT2D eigenvalue weighted by Gasteiger charge is -2.18. The van der Waals surface area contributed by atoms with Crippen LogP contribution in [0.4, 0.5) is 0 Å². The molecule has 2 rings (SSSR count). The van der Waals surface area contributed by atoms with E-state index in [1.165, 1.54) is 6.92 Å². The fourth-order valence-electron chi connectivity index (χ4n) is 2.12. The van der Waals surface area contributed by atoms with Crippen LogP contribution < -0.4 is 0 Å². The fraction of sp³-hybridized carbons (Fsp3) is 0.375. The van der Waals surface area contributed by atoms with E-state index in [1.54, 1.807) is 24.1 Å². The molecule has 0 aliphatic heterocycles. The summed E-state index contributed by atoms with van der Waals surface area (Å²) in [4.78, 5) is 30.6. The minimum Gasteiger partial charge on any atom is -0.351 e. The Morgan fingerprint density at radius 1 is 1.10 bits per heavy atom. The number of hydrogen-bond acceptors (Lipinski definition) is 3. The second kappa shape index (κ2) is 6.10. The predicted octanol–water partition coefficient (Wildman–Crippen LogP) is 2.00. The monoisotopic (exact) mass is 287 g/mol. The molecule has 1 aromatic carbocycles. The third-order valence-corrected chi connectivity index (χ3v) is 3.49. The number of ketones is 1. The Kier molecular flexibility index (Phi) is 4.43. The number of carbonyl (C=O) groups is 2. The van der Waals surface area contributed by atoms with Gasteiger partial charge in [0.2, 0.25) is 0 Å².